The first-order valence-corrected chi connectivity index (χ1v) is 13.7. The summed E-state index contributed by atoms with van der Waals surface area (Å²) in [6.45, 7) is -1.30. The number of halogens is 6. The number of anilines is 1. The number of nitrogens with zero attached hydrogens (tertiary/aromatic N) is 1. The van der Waals surface area contributed by atoms with Gasteiger partial charge in [0.15, 0.2) is 11.6 Å². The molecule has 2 amide bonds. The highest BCUT2D eigenvalue weighted by molar-refractivity contribution is 5.92. The minimum Gasteiger partial charge on any atom is -0.448 e. The molecule has 3 atom stereocenters. The van der Waals surface area contributed by atoms with Gasteiger partial charge in [-0.1, -0.05) is 36.4 Å². The van der Waals surface area contributed by atoms with Crippen molar-refractivity contribution >= 4 is 17.7 Å². The maximum Gasteiger partial charge on any atom is 0.407 e. The number of amides is 2. The first-order valence-electron chi connectivity index (χ1n) is 13.7. The van der Waals surface area contributed by atoms with Crippen molar-refractivity contribution in [1.29, 1.82) is 0 Å². The number of benzene rings is 2. The van der Waals surface area contributed by atoms with Crippen molar-refractivity contribution in [3.05, 3.63) is 95.1 Å². The van der Waals surface area contributed by atoms with Crippen LogP contribution in [0, 0.1) is 17.5 Å². The van der Waals surface area contributed by atoms with E-state index in [1.165, 1.54) is 12.3 Å². The van der Waals surface area contributed by atoms with Gasteiger partial charge in [-0.05, 0) is 36.1 Å². The van der Waals surface area contributed by atoms with Gasteiger partial charge >= 0.3 is 12.3 Å². The first kappa shape index (κ1) is 32.7. The molecule has 3 N–H and O–H groups in total. The monoisotopic (exact) mass is 624 g/mol. The van der Waals surface area contributed by atoms with Crippen LogP contribution in [0.2, 0.25) is 0 Å². The summed E-state index contributed by atoms with van der Waals surface area (Å²) >= 11 is 0. The van der Waals surface area contributed by atoms with E-state index in [1.807, 2.05) is 0 Å². The van der Waals surface area contributed by atoms with Crippen LogP contribution in [0.3, 0.4) is 0 Å². The van der Waals surface area contributed by atoms with Crippen LogP contribution in [0.1, 0.15) is 35.4 Å². The third-order valence-corrected chi connectivity index (χ3v) is 6.95. The quantitative estimate of drug-likeness (QED) is 0.253. The molecule has 0 bridgehead atoms. The lowest BCUT2D eigenvalue weighted by Crippen LogP contribution is -2.49. The second kappa shape index (κ2) is 15.0. The second-order valence-corrected chi connectivity index (χ2v) is 10.2. The molecule has 1 fully saturated rings. The van der Waals surface area contributed by atoms with Crippen LogP contribution < -0.4 is 16.0 Å². The molecule has 2 aromatic carbocycles. The Morgan fingerprint density at radius 2 is 1.80 bits per heavy atom. The van der Waals surface area contributed by atoms with Gasteiger partial charge in [0, 0.05) is 24.4 Å². The lowest BCUT2D eigenvalue weighted by molar-refractivity contribution is -0.124. The molecule has 0 saturated carbocycles. The summed E-state index contributed by atoms with van der Waals surface area (Å²) < 4.78 is 89.6. The van der Waals surface area contributed by atoms with E-state index in [4.69, 9.17) is 9.47 Å². The molecule has 1 saturated heterocycles. The van der Waals surface area contributed by atoms with Crippen LogP contribution in [0.4, 0.5) is 36.8 Å². The smallest absolute Gasteiger partial charge is 0.407 e. The van der Waals surface area contributed by atoms with Gasteiger partial charge in [-0.2, -0.15) is 13.2 Å². The Labute approximate surface area is 249 Å². The van der Waals surface area contributed by atoms with Crippen LogP contribution in [-0.4, -0.2) is 61.6 Å². The molecule has 44 heavy (non-hydrogen) atoms. The average molecular weight is 625 g/mol. The van der Waals surface area contributed by atoms with Crippen molar-refractivity contribution in [2.24, 2.45) is 0 Å². The van der Waals surface area contributed by atoms with Crippen molar-refractivity contribution in [3.8, 4) is 0 Å². The van der Waals surface area contributed by atoms with Crippen molar-refractivity contribution in [3.63, 3.8) is 0 Å². The lowest BCUT2D eigenvalue weighted by Gasteiger charge is -2.30. The molecule has 0 aliphatic carbocycles. The summed E-state index contributed by atoms with van der Waals surface area (Å²) in [6, 6.07) is 11.9. The van der Waals surface area contributed by atoms with Gasteiger partial charge in [0.2, 0.25) is 5.91 Å². The van der Waals surface area contributed by atoms with E-state index in [0.717, 1.165) is 18.3 Å². The molecule has 1 aromatic heterocycles. The van der Waals surface area contributed by atoms with Crippen LogP contribution in [-0.2, 0) is 20.7 Å². The number of hydrogen-bond acceptors (Lipinski definition) is 6. The number of alkyl halides is 3. The van der Waals surface area contributed by atoms with Crippen molar-refractivity contribution in [2.45, 2.75) is 43.5 Å². The van der Waals surface area contributed by atoms with E-state index in [2.05, 4.69) is 15.6 Å². The van der Waals surface area contributed by atoms with Gasteiger partial charge in [0.1, 0.15) is 19.0 Å². The molecule has 8 nitrogen and oxygen atoms in total. The minimum atomic E-state index is -4.55. The molecule has 236 valence electrons. The Morgan fingerprint density at radius 1 is 1.02 bits per heavy atom. The van der Waals surface area contributed by atoms with Gasteiger partial charge < -0.3 is 25.4 Å². The predicted octanol–water partition coefficient (Wildman–Crippen LogP) is 5.24. The standard InChI is InChI=1S/C30H30F6N4O4/c31-24-9-6-19(10-25(24)32)23(18-4-2-1-3-5-18)11-28(41)40-27-14-37-13-26(33)22(27)8-7-21-12-38-20(15-43-21)16-44-29(42)39-17-30(34,35)36/h1-6,9-10,13-14,20-21,23,38H,7-8,11-12,15-17H2,(H,39,42)(H,40,41)/t20-,21+,23+/m0/s1. The Balaban J connectivity index is 1.32. The van der Waals surface area contributed by atoms with E-state index in [0.29, 0.717) is 24.1 Å². The third kappa shape index (κ3) is 9.67. The van der Waals surface area contributed by atoms with Gasteiger partial charge in [-0.15, -0.1) is 0 Å². The maximum absolute atomic E-state index is 14.8. The van der Waals surface area contributed by atoms with Crippen molar-refractivity contribution in [1.82, 2.24) is 15.6 Å². The summed E-state index contributed by atoms with van der Waals surface area (Å²) in [7, 11) is 0. The predicted molar refractivity (Wildman–Crippen MR) is 147 cm³/mol. The molecule has 0 radical (unpaired) electrons. The molecule has 14 heteroatoms. The van der Waals surface area contributed by atoms with Gasteiger partial charge in [-0.3, -0.25) is 9.78 Å². The molecular formula is C30H30F6N4O4. The van der Waals surface area contributed by atoms with Crippen LogP contribution in [0.15, 0.2) is 60.9 Å². The highest BCUT2D eigenvalue weighted by Crippen LogP contribution is 2.30. The molecule has 0 unspecified atom stereocenters. The van der Waals surface area contributed by atoms with Gasteiger partial charge in [0.25, 0.3) is 0 Å². The zero-order valence-electron chi connectivity index (χ0n) is 23.3. The van der Waals surface area contributed by atoms with Crippen molar-refractivity contribution in [2.75, 3.05) is 31.6 Å². The van der Waals surface area contributed by atoms with E-state index < -0.39 is 54.1 Å². The van der Waals surface area contributed by atoms with Crippen LogP contribution in [0.5, 0.6) is 0 Å². The Kier molecular flexibility index (Phi) is 11.2. The highest BCUT2D eigenvalue weighted by Gasteiger charge is 2.29. The molecule has 3 aromatic rings. The Bertz CT molecular complexity index is 1420. The zero-order valence-corrected chi connectivity index (χ0v) is 23.3. The fraction of sp³-hybridized carbons (Fsp3) is 0.367. The first-order chi connectivity index (χ1) is 21.0. The summed E-state index contributed by atoms with van der Waals surface area (Å²) in [4.78, 5) is 28.4. The summed E-state index contributed by atoms with van der Waals surface area (Å²) in [5.74, 6) is -3.78. The Morgan fingerprint density at radius 3 is 2.48 bits per heavy atom. The van der Waals surface area contributed by atoms with E-state index in [-0.39, 0.29) is 43.4 Å². The summed E-state index contributed by atoms with van der Waals surface area (Å²) in [6.07, 6.45) is -3.39. The topological polar surface area (TPSA) is 102 Å². The average Bonchev–Trinajstić information content (AvgIpc) is 2.99. The molecule has 4 rings (SSSR count). The minimum absolute atomic E-state index is 0.102. The molecule has 2 heterocycles. The van der Waals surface area contributed by atoms with E-state index in [9.17, 15) is 35.9 Å². The number of pyridine rings is 1. The number of rotatable bonds is 11. The molecule has 1 aliphatic heterocycles. The highest BCUT2D eigenvalue weighted by atomic mass is 19.4. The molecule has 1 aliphatic rings. The number of ether oxygens (including phenoxy) is 2. The largest absolute Gasteiger partial charge is 0.448 e. The van der Waals surface area contributed by atoms with Crippen molar-refractivity contribution < 1.29 is 45.4 Å². The molecule has 0 spiro atoms. The number of hydrogen-bond donors (Lipinski definition) is 3. The fourth-order valence-corrected chi connectivity index (χ4v) is 4.72. The number of aromatic nitrogens is 1. The van der Waals surface area contributed by atoms with Gasteiger partial charge in [0.05, 0.1) is 36.8 Å². The van der Waals surface area contributed by atoms with Crippen LogP contribution in [0.25, 0.3) is 0 Å². The number of carbonyl (C=O) groups excluding carboxylic acids is 2. The number of carbonyl (C=O) groups is 2. The normalized spacial score (nSPS) is 17.5. The number of alkyl carbamates (subject to hydrolysis) is 1. The van der Waals surface area contributed by atoms with E-state index in [1.54, 1.807) is 35.6 Å². The lowest BCUT2D eigenvalue weighted by atomic mass is 9.88. The SMILES string of the molecule is O=C(C[C@H](c1ccccc1)c1ccc(F)c(F)c1)Nc1cncc(F)c1CC[C@@H]1CN[C@H](COC(=O)NCC(F)(F)F)CO1. The Hall–Kier alpha value is -4.17. The number of morpholine rings is 1. The number of nitrogens with one attached hydrogen (secondary N) is 3. The maximum atomic E-state index is 14.8. The summed E-state index contributed by atoms with van der Waals surface area (Å²) in [5, 5.41) is 7.39. The summed E-state index contributed by atoms with van der Waals surface area (Å²) in [5.41, 5.74) is 1.47. The van der Waals surface area contributed by atoms with E-state index >= 15 is 0 Å². The second-order valence-electron chi connectivity index (χ2n) is 10.2. The van der Waals surface area contributed by atoms with Crippen LogP contribution >= 0.6 is 0 Å². The fourth-order valence-electron chi connectivity index (χ4n) is 4.72. The molecular weight excluding hydrogens is 594 g/mol. The zero-order chi connectivity index (χ0) is 31.7. The van der Waals surface area contributed by atoms with Gasteiger partial charge in [-0.25, -0.2) is 18.0 Å². The third-order valence-electron chi connectivity index (χ3n) is 6.95.